The van der Waals surface area contributed by atoms with Crippen LogP contribution in [0.15, 0.2) is 22.7 Å². The van der Waals surface area contributed by atoms with E-state index in [0.29, 0.717) is 28.5 Å². The number of likely N-dealkylation sites (tertiary alicyclic amines) is 1. The summed E-state index contributed by atoms with van der Waals surface area (Å²) in [5.41, 5.74) is 0.539. The Morgan fingerprint density at radius 2 is 2.05 bits per heavy atom. The number of nitro groups is 1. The summed E-state index contributed by atoms with van der Waals surface area (Å²) in [6, 6.07) is 4.31. The van der Waals surface area contributed by atoms with E-state index in [-0.39, 0.29) is 11.6 Å². The third kappa shape index (κ3) is 4.51. The number of rotatable bonds is 4. The summed E-state index contributed by atoms with van der Waals surface area (Å²) in [4.78, 5) is 24.6. The molecule has 0 aliphatic carbocycles. The molecule has 1 aromatic rings. The Balaban J connectivity index is 1.96. The number of anilines is 1. The quantitative estimate of drug-likeness (QED) is 0.652. The second-order valence-corrected chi connectivity index (χ2v) is 6.96. The number of benzene rings is 1. The summed E-state index contributed by atoms with van der Waals surface area (Å²) in [6.07, 6.45) is 1.20. The molecule has 22 heavy (non-hydrogen) atoms. The molecule has 1 heterocycles. The van der Waals surface area contributed by atoms with Crippen LogP contribution in [-0.4, -0.2) is 35.4 Å². The van der Waals surface area contributed by atoms with Gasteiger partial charge in [0, 0.05) is 29.7 Å². The minimum absolute atomic E-state index is 0.0106. The van der Waals surface area contributed by atoms with Gasteiger partial charge in [0.25, 0.3) is 5.69 Å². The lowest BCUT2D eigenvalue weighted by Crippen LogP contribution is -2.42. The van der Waals surface area contributed by atoms with Gasteiger partial charge >= 0.3 is 0 Å². The van der Waals surface area contributed by atoms with Crippen LogP contribution in [0.3, 0.4) is 0 Å². The van der Waals surface area contributed by atoms with Crippen molar-refractivity contribution in [2.75, 3.05) is 25.0 Å². The number of nitro benzene ring substituents is 1. The molecule has 0 saturated carbocycles. The number of nitrogens with zero attached hydrogens (tertiary/aromatic N) is 2. The monoisotopic (exact) mass is 369 g/mol. The maximum atomic E-state index is 12.2. The molecule has 1 aromatic carbocycles. The Kier molecular flexibility index (Phi) is 5.52. The van der Waals surface area contributed by atoms with Crippen molar-refractivity contribution in [3.05, 3.63) is 32.8 Å². The van der Waals surface area contributed by atoms with Crippen molar-refractivity contribution in [1.82, 2.24) is 4.90 Å². The summed E-state index contributed by atoms with van der Waals surface area (Å²) in [5, 5.41) is 13.5. The first kappa shape index (κ1) is 16.9. The molecule has 1 aliphatic rings. The second kappa shape index (κ2) is 7.19. The fraction of sp³-hybridized carbons (Fsp3) is 0.533. The molecular formula is C15H20BrN3O3. The topological polar surface area (TPSA) is 75.5 Å². The SMILES string of the molecule is CC1CC(C)CN(CC(=O)Nc2ccc([N+](=O)[O-])cc2Br)C1. The van der Waals surface area contributed by atoms with Crippen molar-refractivity contribution >= 4 is 33.2 Å². The van der Waals surface area contributed by atoms with Crippen LogP contribution in [0, 0.1) is 22.0 Å². The number of hydrogen-bond donors (Lipinski definition) is 1. The van der Waals surface area contributed by atoms with Crippen molar-refractivity contribution in [3.8, 4) is 0 Å². The first-order valence-corrected chi connectivity index (χ1v) is 8.10. The highest BCUT2D eigenvalue weighted by Crippen LogP contribution is 2.27. The smallest absolute Gasteiger partial charge is 0.270 e. The van der Waals surface area contributed by atoms with Crippen molar-refractivity contribution < 1.29 is 9.72 Å². The standard InChI is InChI=1S/C15H20BrN3O3/c1-10-5-11(2)8-18(7-10)9-15(20)17-14-4-3-12(19(21)22)6-13(14)16/h3-4,6,10-11H,5,7-9H2,1-2H3,(H,17,20). The Morgan fingerprint density at radius 3 is 2.59 bits per heavy atom. The van der Waals surface area contributed by atoms with Gasteiger partial charge in [-0.15, -0.1) is 0 Å². The number of nitrogens with one attached hydrogen (secondary N) is 1. The maximum absolute atomic E-state index is 12.2. The molecule has 2 atom stereocenters. The van der Waals surface area contributed by atoms with Crippen LogP contribution < -0.4 is 5.32 Å². The average molecular weight is 370 g/mol. The summed E-state index contributed by atoms with van der Waals surface area (Å²) >= 11 is 3.26. The highest BCUT2D eigenvalue weighted by atomic mass is 79.9. The summed E-state index contributed by atoms with van der Waals surface area (Å²) in [5.74, 6) is 1.10. The number of hydrogen-bond acceptors (Lipinski definition) is 4. The molecule has 0 bridgehead atoms. The molecular weight excluding hydrogens is 350 g/mol. The average Bonchev–Trinajstić information content (AvgIpc) is 2.39. The molecule has 0 aromatic heterocycles. The molecule has 0 radical (unpaired) electrons. The number of carbonyl (C=O) groups is 1. The van der Waals surface area contributed by atoms with E-state index < -0.39 is 4.92 Å². The molecule has 0 spiro atoms. The summed E-state index contributed by atoms with van der Waals surface area (Å²) < 4.78 is 0.510. The van der Waals surface area contributed by atoms with E-state index in [4.69, 9.17) is 0 Å². The fourth-order valence-electron chi connectivity index (χ4n) is 3.03. The lowest BCUT2D eigenvalue weighted by molar-refractivity contribution is -0.384. The first-order chi connectivity index (χ1) is 10.3. The predicted octanol–water partition coefficient (Wildman–Crippen LogP) is 3.27. The number of carbonyl (C=O) groups excluding carboxylic acids is 1. The van der Waals surface area contributed by atoms with Crippen LogP contribution in [0.4, 0.5) is 11.4 Å². The van der Waals surface area contributed by atoms with Crippen molar-refractivity contribution in [2.24, 2.45) is 11.8 Å². The van der Waals surface area contributed by atoms with Gasteiger partial charge in [0.15, 0.2) is 0 Å². The van der Waals surface area contributed by atoms with E-state index >= 15 is 0 Å². The van der Waals surface area contributed by atoms with Gasteiger partial charge in [-0.25, -0.2) is 0 Å². The van der Waals surface area contributed by atoms with Gasteiger partial charge in [-0.3, -0.25) is 19.8 Å². The minimum atomic E-state index is -0.465. The minimum Gasteiger partial charge on any atom is -0.324 e. The molecule has 1 N–H and O–H groups in total. The normalized spacial score (nSPS) is 22.3. The van der Waals surface area contributed by atoms with E-state index in [2.05, 4.69) is 40.0 Å². The van der Waals surface area contributed by atoms with Crippen LogP contribution in [0.1, 0.15) is 20.3 Å². The Labute approximate surface area is 138 Å². The lowest BCUT2D eigenvalue weighted by Gasteiger charge is -2.34. The maximum Gasteiger partial charge on any atom is 0.270 e. The molecule has 1 aliphatic heterocycles. The highest BCUT2D eigenvalue weighted by molar-refractivity contribution is 9.10. The number of halogens is 1. The van der Waals surface area contributed by atoms with Crippen molar-refractivity contribution in [1.29, 1.82) is 0 Å². The number of piperidine rings is 1. The van der Waals surface area contributed by atoms with E-state index in [0.717, 1.165) is 13.1 Å². The zero-order valence-electron chi connectivity index (χ0n) is 12.7. The summed E-state index contributed by atoms with van der Waals surface area (Å²) in [6.45, 7) is 6.61. The van der Waals surface area contributed by atoms with E-state index in [1.807, 2.05) is 0 Å². The van der Waals surface area contributed by atoms with Gasteiger partial charge < -0.3 is 5.32 Å². The fourth-order valence-corrected chi connectivity index (χ4v) is 3.50. The van der Waals surface area contributed by atoms with Crippen LogP contribution in [0.5, 0.6) is 0 Å². The highest BCUT2D eigenvalue weighted by Gasteiger charge is 2.23. The molecule has 120 valence electrons. The number of non-ortho nitro benzene ring substituents is 1. The third-order valence-corrected chi connectivity index (χ3v) is 4.41. The van der Waals surface area contributed by atoms with Gasteiger partial charge in [0.1, 0.15) is 0 Å². The predicted molar refractivity (Wildman–Crippen MR) is 88.8 cm³/mol. The van der Waals surface area contributed by atoms with E-state index in [1.54, 1.807) is 6.07 Å². The van der Waals surface area contributed by atoms with E-state index in [1.165, 1.54) is 18.6 Å². The Hall–Kier alpha value is -1.47. The molecule has 2 unspecified atom stereocenters. The molecule has 1 fully saturated rings. The van der Waals surface area contributed by atoms with Crippen molar-refractivity contribution in [2.45, 2.75) is 20.3 Å². The van der Waals surface area contributed by atoms with Gasteiger partial charge in [0.05, 0.1) is 17.2 Å². The number of amides is 1. The molecule has 6 nitrogen and oxygen atoms in total. The first-order valence-electron chi connectivity index (χ1n) is 7.31. The molecule has 2 rings (SSSR count). The lowest BCUT2D eigenvalue weighted by atomic mass is 9.92. The third-order valence-electron chi connectivity index (χ3n) is 3.75. The zero-order chi connectivity index (χ0) is 16.3. The largest absolute Gasteiger partial charge is 0.324 e. The van der Waals surface area contributed by atoms with Crippen LogP contribution in [0.25, 0.3) is 0 Å². The van der Waals surface area contributed by atoms with Crippen molar-refractivity contribution in [3.63, 3.8) is 0 Å². The zero-order valence-corrected chi connectivity index (χ0v) is 14.3. The van der Waals surface area contributed by atoms with Crippen LogP contribution >= 0.6 is 15.9 Å². The van der Waals surface area contributed by atoms with Crippen LogP contribution in [-0.2, 0) is 4.79 Å². The summed E-state index contributed by atoms with van der Waals surface area (Å²) in [7, 11) is 0. The second-order valence-electron chi connectivity index (χ2n) is 6.11. The van der Waals surface area contributed by atoms with Gasteiger partial charge in [0.2, 0.25) is 5.91 Å². The Bertz CT molecular complexity index is 569. The molecule has 7 heteroatoms. The van der Waals surface area contributed by atoms with Gasteiger partial charge in [-0.2, -0.15) is 0 Å². The molecule has 1 amide bonds. The van der Waals surface area contributed by atoms with Gasteiger partial charge in [-0.1, -0.05) is 13.8 Å². The van der Waals surface area contributed by atoms with Gasteiger partial charge in [-0.05, 0) is 40.3 Å². The Morgan fingerprint density at radius 1 is 1.41 bits per heavy atom. The van der Waals surface area contributed by atoms with E-state index in [9.17, 15) is 14.9 Å². The molecule has 1 saturated heterocycles. The van der Waals surface area contributed by atoms with Crippen LogP contribution in [0.2, 0.25) is 0 Å².